The summed E-state index contributed by atoms with van der Waals surface area (Å²) < 4.78 is 0. The van der Waals surface area contributed by atoms with Gasteiger partial charge in [0.05, 0.1) is 0 Å². The minimum atomic E-state index is 0.748. The van der Waals surface area contributed by atoms with E-state index in [1.54, 1.807) is 0 Å². The number of H-pyrrole nitrogens is 1. The predicted octanol–water partition coefficient (Wildman–Crippen LogP) is 5.08. The summed E-state index contributed by atoms with van der Waals surface area (Å²) in [4.78, 5) is 3.58. The van der Waals surface area contributed by atoms with E-state index in [9.17, 15) is 0 Å². The van der Waals surface area contributed by atoms with Crippen LogP contribution in [0.2, 0.25) is 5.02 Å². The Labute approximate surface area is 136 Å². The molecule has 0 bridgehead atoms. The molecule has 0 radical (unpaired) electrons. The molecule has 2 aromatic carbocycles. The quantitative estimate of drug-likeness (QED) is 0.634. The summed E-state index contributed by atoms with van der Waals surface area (Å²) in [5.74, 6) is 0. The van der Waals surface area contributed by atoms with Crippen molar-refractivity contribution in [1.29, 1.82) is 0 Å². The zero-order chi connectivity index (χ0) is 15.5. The van der Waals surface area contributed by atoms with E-state index in [1.165, 1.54) is 33.3 Å². The van der Waals surface area contributed by atoms with E-state index >= 15 is 0 Å². The van der Waals surface area contributed by atoms with Crippen LogP contribution in [0.1, 0.15) is 24.0 Å². The second kappa shape index (κ2) is 6.55. The SMILES string of the molecule is Cc1ccc2[nH]c(-c3ccc(Cl)cc3)c(CCCCN)c2c1. The van der Waals surface area contributed by atoms with Gasteiger partial charge in [-0.25, -0.2) is 0 Å². The molecule has 0 aliphatic rings. The van der Waals surface area contributed by atoms with Gasteiger partial charge in [-0.05, 0) is 68.1 Å². The van der Waals surface area contributed by atoms with E-state index in [0.29, 0.717) is 0 Å². The number of hydrogen-bond donors (Lipinski definition) is 2. The summed E-state index contributed by atoms with van der Waals surface area (Å²) in [7, 11) is 0. The molecule has 0 spiro atoms. The minimum absolute atomic E-state index is 0.748. The van der Waals surface area contributed by atoms with Crippen LogP contribution < -0.4 is 5.73 Å². The van der Waals surface area contributed by atoms with Gasteiger partial charge in [0.25, 0.3) is 0 Å². The molecule has 3 heteroatoms. The second-order valence-corrected chi connectivity index (χ2v) is 6.22. The van der Waals surface area contributed by atoms with Gasteiger partial charge in [-0.3, -0.25) is 0 Å². The van der Waals surface area contributed by atoms with Crippen molar-refractivity contribution in [2.45, 2.75) is 26.2 Å². The number of aryl methyl sites for hydroxylation is 2. The number of aromatic amines is 1. The van der Waals surface area contributed by atoms with Gasteiger partial charge in [0, 0.05) is 21.6 Å². The Morgan fingerprint density at radius 1 is 1.05 bits per heavy atom. The standard InChI is InChI=1S/C19H21ClN2/c1-13-5-10-18-17(12-13)16(4-2-3-11-21)19(22-18)14-6-8-15(20)9-7-14/h5-10,12,22H,2-4,11,21H2,1H3. The normalized spacial score (nSPS) is 11.2. The minimum Gasteiger partial charge on any atom is -0.354 e. The topological polar surface area (TPSA) is 41.8 Å². The first kappa shape index (κ1) is 15.1. The average molecular weight is 313 g/mol. The fourth-order valence-corrected chi connectivity index (χ4v) is 3.06. The highest BCUT2D eigenvalue weighted by Crippen LogP contribution is 2.32. The molecule has 0 aliphatic carbocycles. The molecule has 0 aliphatic heterocycles. The van der Waals surface area contributed by atoms with Gasteiger partial charge in [0.2, 0.25) is 0 Å². The van der Waals surface area contributed by atoms with Crippen molar-refractivity contribution in [3.63, 3.8) is 0 Å². The molecule has 0 saturated carbocycles. The van der Waals surface area contributed by atoms with Crippen molar-refractivity contribution < 1.29 is 0 Å². The van der Waals surface area contributed by atoms with Crippen molar-refractivity contribution in [3.8, 4) is 11.3 Å². The molecule has 0 amide bonds. The number of halogens is 1. The first-order valence-corrected chi connectivity index (χ1v) is 8.14. The van der Waals surface area contributed by atoms with Gasteiger partial charge in [-0.15, -0.1) is 0 Å². The first-order chi connectivity index (χ1) is 10.7. The van der Waals surface area contributed by atoms with E-state index in [0.717, 1.165) is 30.8 Å². The molecule has 0 fully saturated rings. The largest absolute Gasteiger partial charge is 0.354 e. The van der Waals surface area contributed by atoms with Crippen molar-refractivity contribution in [2.75, 3.05) is 6.54 Å². The lowest BCUT2D eigenvalue weighted by molar-refractivity contribution is 0.748. The molecule has 2 nitrogen and oxygen atoms in total. The maximum absolute atomic E-state index is 6.02. The highest BCUT2D eigenvalue weighted by molar-refractivity contribution is 6.30. The molecular weight excluding hydrogens is 292 g/mol. The Balaban J connectivity index is 2.10. The third-order valence-electron chi connectivity index (χ3n) is 4.08. The lowest BCUT2D eigenvalue weighted by Gasteiger charge is -2.06. The highest BCUT2D eigenvalue weighted by atomic mass is 35.5. The summed E-state index contributed by atoms with van der Waals surface area (Å²) in [6, 6.07) is 14.6. The molecular formula is C19H21ClN2. The van der Waals surface area contributed by atoms with E-state index in [1.807, 2.05) is 12.1 Å². The number of aromatic nitrogens is 1. The lowest BCUT2D eigenvalue weighted by Crippen LogP contribution is -1.99. The Bertz CT molecular complexity index is 772. The maximum Gasteiger partial charge on any atom is 0.0497 e. The van der Waals surface area contributed by atoms with Crippen LogP contribution in [0.15, 0.2) is 42.5 Å². The monoisotopic (exact) mass is 312 g/mol. The van der Waals surface area contributed by atoms with Gasteiger partial charge in [-0.2, -0.15) is 0 Å². The smallest absolute Gasteiger partial charge is 0.0497 e. The van der Waals surface area contributed by atoms with Crippen LogP contribution >= 0.6 is 11.6 Å². The van der Waals surface area contributed by atoms with E-state index in [-0.39, 0.29) is 0 Å². The zero-order valence-corrected chi connectivity index (χ0v) is 13.6. The molecule has 1 heterocycles. The predicted molar refractivity (Wildman–Crippen MR) is 95.5 cm³/mol. The summed E-state index contributed by atoms with van der Waals surface area (Å²) in [5.41, 5.74) is 11.9. The molecule has 3 rings (SSSR count). The Hall–Kier alpha value is -1.77. The van der Waals surface area contributed by atoms with Crippen LogP contribution in [0.4, 0.5) is 0 Å². The number of hydrogen-bond acceptors (Lipinski definition) is 1. The highest BCUT2D eigenvalue weighted by Gasteiger charge is 2.13. The number of rotatable bonds is 5. The molecule has 22 heavy (non-hydrogen) atoms. The molecule has 1 aromatic heterocycles. The van der Waals surface area contributed by atoms with Gasteiger partial charge in [0.1, 0.15) is 0 Å². The van der Waals surface area contributed by atoms with Crippen molar-refractivity contribution in [1.82, 2.24) is 4.98 Å². The summed E-state index contributed by atoms with van der Waals surface area (Å²) in [6.07, 6.45) is 3.20. The van der Waals surface area contributed by atoms with Crippen LogP contribution in [0, 0.1) is 6.92 Å². The molecule has 114 valence electrons. The van der Waals surface area contributed by atoms with Crippen LogP contribution in [-0.4, -0.2) is 11.5 Å². The van der Waals surface area contributed by atoms with Crippen molar-refractivity contribution in [3.05, 3.63) is 58.6 Å². The zero-order valence-electron chi connectivity index (χ0n) is 12.8. The van der Waals surface area contributed by atoms with E-state index in [4.69, 9.17) is 17.3 Å². The molecule has 3 N–H and O–H groups in total. The number of unbranched alkanes of at least 4 members (excludes halogenated alkanes) is 1. The lowest BCUT2D eigenvalue weighted by atomic mass is 9.99. The summed E-state index contributed by atoms with van der Waals surface area (Å²) in [6.45, 7) is 2.88. The van der Waals surface area contributed by atoms with Crippen LogP contribution in [-0.2, 0) is 6.42 Å². The van der Waals surface area contributed by atoms with E-state index < -0.39 is 0 Å². The van der Waals surface area contributed by atoms with Gasteiger partial charge in [-0.1, -0.05) is 35.4 Å². The maximum atomic E-state index is 6.02. The first-order valence-electron chi connectivity index (χ1n) is 7.76. The molecule has 0 saturated heterocycles. The van der Waals surface area contributed by atoms with Gasteiger partial charge in [0.15, 0.2) is 0 Å². The van der Waals surface area contributed by atoms with Crippen LogP contribution in [0.3, 0.4) is 0 Å². The number of nitrogens with one attached hydrogen (secondary N) is 1. The van der Waals surface area contributed by atoms with Crippen molar-refractivity contribution in [2.24, 2.45) is 5.73 Å². The second-order valence-electron chi connectivity index (χ2n) is 5.78. The third kappa shape index (κ3) is 3.03. The third-order valence-corrected chi connectivity index (χ3v) is 4.33. The number of nitrogens with two attached hydrogens (primary N) is 1. The van der Waals surface area contributed by atoms with E-state index in [2.05, 4.69) is 42.2 Å². The summed E-state index contributed by atoms with van der Waals surface area (Å²) in [5, 5.41) is 2.09. The van der Waals surface area contributed by atoms with Crippen molar-refractivity contribution >= 4 is 22.5 Å². The average Bonchev–Trinajstić information content (AvgIpc) is 2.86. The number of benzene rings is 2. The molecule has 0 atom stereocenters. The Morgan fingerprint density at radius 3 is 2.55 bits per heavy atom. The summed E-state index contributed by atoms with van der Waals surface area (Å²) >= 11 is 6.02. The number of fused-ring (bicyclic) bond motifs is 1. The fourth-order valence-electron chi connectivity index (χ4n) is 2.93. The van der Waals surface area contributed by atoms with Crippen LogP contribution in [0.25, 0.3) is 22.2 Å². The fraction of sp³-hybridized carbons (Fsp3) is 0.263. The molecule has 0 unspecified atom stereocenters. The van der Waals surface area contributed by atoms with Gasteiger partial charge < -0.3 is 10.7 Å². The Morgan fingerprint density at radius 2 is 1.82 bits per heavy atom. The van der Waals surface area contributed by atoms with Gasteiger partial charge >= 0.3 is 0 Å². The van der Waals surface area contributed by atoms with Crippen LogP contribution in [0.5, 0.6) is 0 Å². The Kier molecular flexibility index (Phi) is 4.51. The molecule has 3 aromatic rings.